The van der Waals surface area contributed by atoms with Gasteiger partial charge in [0, 0.05) is 10.5 Å². The largest absolute Gasteiger partial charge is 0.481 e. The van der Waals surface area contributed by atoms with Crippen molar-refractivity contribution >= 4 is 21.8 Å². The van der Waals surface area contributed by atoms with Crippen molar-refractivity contribution in [2.45, 2.75) is 52.2 Å². The summed E-state index contributed by atoms with van der Waals surface area (Å²) in [6.07, 6.45) is 2.20. The predicted octanol–water partition coefficient (Wildman–Crippen LogP) is 3.02. The van der Waals surface area contributed by atoms with Gasteiger partial charge in [0.25, 0.3) is 5.91 Å². The van der Waals surface area contributed by atoms with Crippen molar-refractivity contribution in [3.63, 3.8) is 0 Å². The summed E-state index contributed by atoms with van der Waals surface area (Å²) < 4.78 is 6.78. The van der Waals surface area contributed by atoms with E-state index in [4.69, 9.17) is 10.5 Å². The van der Waals surface area contributed by atoms with Gasteiger partial charge in [0.15, 0.2) is 6.10 Å². The standard InChI is InChI=1S/C16H25BrN2O2/c1-4-5-11(2)19-16(20)12(3)21-15-7-6-14(17)10-13(15)8-9-18/h6-7,10-12H,4-5,8-9,18H2,1-3H3,(H,19,20). The van der Waals surface area contributed by atoms with Crippen molar-refractivity contribution in [1.29, 1.82) is 0 Å². The van der Waals surface area contributed by atoms with E-state index >= 15 is 0 Å². The van der Waals surface area contributed by atoms with Crippen molar-refractivity contribution < 1.29 is 9.53 Å². The second-order valence-electron chi connectivity index (χ2n) is 5.25. The maximum Gasteiger partial charge on any atom is 0.260 e. The van der Waals surface area contributed by atoms with Crippen LogP contribution in [0.25, 0.3) is 0 Å². The fourth-order valence-corrected chi connectivity index (χ4v) is 2.53. The van der Waals surface area contributed by atoms with Crippen molar-refractivity contribution in [2.75, 3.05) is 6.54 Å². The molecule has 1 aromatic carbocycles. The van der Waals surface area contributed by atoms with Crippen LogP contribution in [0.4, 0.5) is 0 Å². The van der Waals surface area contributed by atoms with Crippen LogP contribution in [0, 0.1) is 0 Å². The lowest BCUT2D eigenvalue weighted by Crippen LogP contribution is -2.41. The van der Waals surface area contributed by atoms with E-state index in [1.165, 1.54) is 0 Å². The smallest absolute Gasteiger partial charge is 0.260 e. The number of ether oxygens (including phenoxy) is 1. The van der Waals surface area contributed by atoms with Gasteiger partial charge >= 0.3 is 0 Å². The molecule has 3 N–H and O–H groups in total. The number of amides is 1. The Bertz CT molecular complexity index is 466. The zero-order valence-electron chi connectivity index (χ0n) is 13.0. The lowest BCUT2D eigenvalue weighted by Gasteiger charge is -2.20. The Labute approximate surface area is 135 Å². The number of nitrogens with one attached hydrogen (secondary N) is 1. The van der Waals surface area contributed by atoms with Gasteiger partial charge in [-0.25, -0.2) is 0 Å². The minimum absolute atomic E-state index is 0.0856. The molecule has 1 rings (SSSR count). The number of hydrogen-bond acceptors (Lipinski definition) is 3. The molecule has 1 aromatic rings. The number of carbonyl (C=O) groups excluding carboxylic acids is 1. The zero-order chi connectivity index (χ0) is 15.8. The lowest BCUT2D eigenvalue weighted by molar-refractivity contribution is -0.127. The van der Waals surface area contributed by atoms with Crippen molar-refractivity contribution in [3.8, 4) is 5.75 Å². The molecule has 0 aliphatic rings. The number of carbonyl (C=O) groups is 1. The molecule has 4 nitrogen and oxygen atoms in total. The third-order valence-corrected chi connectivity index (χ3v) is 3.71. The van der Waals surface area contributed by atoms with Crippen molar-refractivity contribution in [1.82, 2.24) is 5.32 Å². The first-order chi connectivity index (χ1) is 9.97. The summed E-state index contributed by atoms with van der Waals surface area (Å²) >= 11 is 3.44. The number of rotatable bonds is 8. The summed E-state index contributed by atoms with van der Waals surface area (Å²) in [5, 5.41) is 2.97. The third-order valence-electron chi connectivity index (χ3n) is 3.22. The van der Waals surface area contributed by atoms with Crippen molar-refractivity contribution in [2.24, 2.45) is 5.73 Å². The maximum absolute atomic E-state index is 12.1. The molecule has 0 aliphatic carbocycles. The highest BCUT2D eigenvalue weighted by atomic mass is 79.9. The van der Waals surface area contributed by atoms with Crippen LogP contribution in [0.15, 0.2) is 22.7 Å². The highest BCUT2D eigenvalue weighted by Gasteiger charge is 2.18. The van der Waals surface area contributed by atoms with Crippen LogP contribution in [-0.2, 0) is 11.2 Å². The number of halogens is 1. The van der Waals surface area contributed by atoms with Crippen molar-refractivity contribution in [3.05, 3.63) is 28.2 Å². The van der Waals surface area contributed by atoms with E-state index in [1.54, 1.807) is 6.92 Å². The molecule has 0 saturated carbocycles. The Morgan fingerprint density at radius 3 is 2.76 bits per heavy atom. The molecule has 0 heterocycles. The van der Waals surface area contributed by atoms with E-state index in [0.29, 0.717) is 6.54 Å². The van der Waals surface area contributed by atoms with Gasteiger partial charge < -0.3 is 15.8 Å². The maximum atomic E-state index is 12.1. The average molecular weight is 357 g/mol. The molecule has 2 unspecified atom stereocenters. The first-order valence-electron chi connectivity index (χ1n) is 7.43. The van der Waals surface area contributed by atoms with E-state index in [2.05, 4.69) is 28.2 Å². The van der Waals surface area contributed by atoms with Crippen LogP contribution in [0.3, 0.4) is 0 Å². The molecule has 118 valence electrons. The Morgan fingerprint density at radius 2 is 2.14 bits per heavy atom. The first kappa shape index (κ1) is 18.0. The highest BCUT2D eigenvalue weighted by molar-refractivity contribution is 9.10. The molecule has 1 amide bonds. The molecule has 0 fully saturated rings. The summed E-state index contributed by atoms with van der Waals surface area (Å²) in [5.74, 6) is 0.631. The molecular weight excluding hydrogens is 332 g/mol. The molecule has 0 saturated heterocycles. The fraction of sp³-hybridized carbons (Fsp3) is 0.562. The third kappa shape index (κ3) is 6.06. The molecular formula is C16H25BrN2O2. The van der Waals surface area contributed by atoms with E-state index in [1.807, 2.05) is 25.1 Å². The zero-order valence-corrected chi connectivity index (χ0v) is 14.6. The molecule has 0 spiro atoms. The second-order valence-corrected chi connectivity index (χ2v) is 6.16. The molecule has 0 bridgehead atoms. The predicted molar refractivity (Wildman–Crippen MR) is 89.5 cm³/mol. The Morgan fingerprint density at radius 1 is 1.43 bits per heavy atom. The van der Waals surface area contributed by atoms with E-state index < -0.39 is 6.10 Å². The molecule has 21 heavy (non-hydrogen) atoms. The van der Waals surface area contributed by atoms with Crippen LogP contribution < -0.4 is 15.8 Å². The van der Waals surface area contributed by atoms with Crippen LogP contribution in [-0.4, -0.2) is 24.6 Å². The van der Waals surface area contributed by atoms with Crippen LogP contribution >= 0.6 is 15.9 Å². The SMILES string of the molecule is CCCC(C)NC(=O)C(C)Oc1ccc(Br)cc1CCN. The number of benzene rings is 1. The first-order valence-corrected chi connectivity index (χ1v) is 8.22. The summed E-state index contributed by atoms with van der Waals surface area (Å²) in [4.78, 5) is 12.1. The average Bonchev–Trinajstić information content (AvgIpc) is 2.42. The molecule has 0 radical (unpaired) electrons. The summed E-state index contributed by atoms with van der Waals surface area (Å²) in [5.41, 5.74) is 6.63. The fourth-order valence-electron chi connectivity index (χ4n) is 2.12. The summed E-state index contributed by atoms with van der Waals surface area (Å²) in [7, 11) is 0. The van der Waals surface area contributed by atoms with Gasteiger partial charge in [-0.1, -0.05) is 29.3 Å². The quantitative estimate of drug-likeness (QED) is 0.752. The van der Waals surface area contributed by atoms with E-state index in [9.17, 15) is 4.79 Å². The van der Waals surface area contributed by atoms with E-state index in [-0.39, 0.29) is 11.9 Å². The lowest BCUT2D eigenvalue weighted by atomic mass is 10.1. The summed E-state index contributed by atoms with van der Waals surface area (Å²) in [6.45, 7) is 6.42. The van der Waals surface area contributed by atoms with Gasteiger partial charge in [0.2, 0.25) is 0 Å². The number of hydrogen-bond donors (Lipinski definition) is 2. The van der Waals surface area contributed by atoms with Gasteiger partial charge in [0.1, 0.15) is 5.75 Å². The second kappa shape index (κ2) is 9.05. The van der Waals surface area contributed by atoms with Crippen LogP contribution in [0.5, 0.6) is 5.75 Å². The molecule has 0 aliphatic heterocycles. The Balaban J connectivity index is 2.69. The van der Waals surface area contributed by atoms with Gasteiger partial charge in [-0.3, -0.25) is 4.79 Å². The molecule has 0 aromatic heterocycles. The summed E-state index contributed by atoms with van der Waals surface area (Å²) in [6, 6.07) is 5.92. The van der Waals surface area contributed by atoms with Crippen LogP contribution in [0.2, 0.25) is 0 Å². The Kier molecular flexibility index (Phi) is 7.75. The molecule has 2 atom stereocenters. The Hall–Kier alpha value is -1.07. The van der Waals surface area contributed by atoms with Gasteiger partial charge in [-0.15, -0.1) is 0 Å². The number of nitrogens with two attached hydrogens (primary N) is 1. The minimum Gasteiger partial charge on any atom is -0.481 e. The van der Waals surface area contributed by atoms with Crippen LogP contribution in [0.1, 0.15) is 39.2 Å². The molecule has 5 heteroatoms. The highest BCUT2D eigenvalue weighted by Crippen LogP contribution is 2.24. The van der Waals surface area contributed by atoms with E-state index in [0.717, 1.165) is 35.0 Å². The monoisotopic (exact) mass is 356 g/mol. The minimum atomic E-state index is -0.526. The topological polar surface area (TPSA) is 64.3 Å². The van der Waals surface area contributed by atoms with Gasteiger partial charge in [-0.2, -0.15) is 0 Å². The normalized spacial score (nSPS) is 13.6. The van der Waals surface area contributed by atoms with Gasteiger partial charge in [-0.05, 0) is 57.0 Å². The van der Waals surface area contributed by atoms with Gasteiger partial charge in [0.05, 0.1) is 0 Å².